The van der Waals surface area contributed by atoms with Crippen LogP contribution in [0.25, 0.3) is 0 Å². The fourth-order valence-corrected chi connectivity index (χ4v) is 3.09. The number of unbranched alkanes of at least 4 members (excludes halogenated alkanes) is 4. The Morgan fingerprint density at radius 2 is 1.80 bits per heavy atom. The van der Waals surface area contributed by atoms with Crippen molar-refractivity contribution in [2.75, 3.05) is 13.1 Å². The van der Waals surface area contributed by atoms with E-state index in [1.165, 1.54) is 19.3 Å². The number of carbonyl (C=O) groups is 2. The van der Waals surface area contributed by atoms with E-state index in [0.29, 0.717) is 32.4 Å². The number of aliphatic carboxylic acids is 1. The van der Waals surface area contributed by atoms with Crippen molar-refractivity contribution in [2.45, 2.75) is 71.6 Å². The molecule has 0 aromatic carbocycles. The minimum Gasteiger partial charge on any atom is -0.481 e. The third-order valence-corrected chi connectivity index (χ3v) is 4.38. The predicted octanol–water partition coefficient (Wildman–Crippen LogP) is 3.45. The van der Waals surface area contributed by atoms with Crippen LogP contribution in [0.15, 0.2) is 0 Å². The number of amides is 1. The second-order valence-electron chi connectivity index (χ2n) is 6.06. The second kappa shape index (κ2) is 8.28. The Labute approximate surface area is 122 Å². The summed E-state index contributed by atoms with van der Waals surface area (Å²) in [6, 6.07) is 0. The van der Waals surface area contributed by atoms with Crippen molar-refractivity contribution < 1.29 is 14.7 Å². The van der Waals surface area contributed by atoms with Gasteiger partial charge in [0.05, 0.1) is 5.41 Å². The van der Waals surface area contributed by atoms with Crippen molar-refractivity contribution in [3.8, 4) is 0 Å². The normalized spacial score (nSPS) is 22.2. The predicted molar refractivity (Wildman–Crippen MR) is 79.5 cm³/mol. The molecule has 1 rings (SSSR count). The maximum absolute atomic E-state index is 12.1. The Morgan fingerprint density at radius 3 is 2.40 bits per heavy atom. The van der Waals surface area contributed by atoms with Crippen molar-refractivity contribution in [3.63, 3.8) is 0 Å². The average molecular weight is 283 g/mol. The molecule has 1 amide bonds. The lowest BCUT2D eigenvalue weighted by Crippen LogP contribution is -2.36. The van der Waals surface area contributed by atoms with Crippen molar-refractivity contribution in [2.24, 2.45) is 5.41 Å². The summed E-state index contributed by atoms with van der Waals surface area (Å²) in [6.07, 6.45) is 8.38. The molecule has 1 aliphatic heterocycles. The van der Waals surface area contributed by atoms with Gasteiger partial charge in [-0.15, -0.1) is 0 Å². The molecule has 0 bridgehead atoms. The molecule has 0 aliphatic carbocycles. The Bertz CT molecular complexity index is 330. The highest BCUT2D eigenvalue weighted by molar-refractivity contribution is 5.80. The summed E-state index contributed by atoms with van der Waals surface area (Å²) in [4.78, 5) is 25.4. The molecule has 116 valence electrons. The third-order valence-electron chi connectivity index (χ3n) is 4.38. The fraction of sp³-hybridized carbons (Fsp3) is 0.875. The average Bonchev–Trinajstić information content (AvgIpc) is 2.84. The molecule has 0 spiro atoms. The second-order valence-corrected chi connectivity index (χ2v) is 6.06. The Kier molecular flexibility index (Phi) is 7.03. The number of carboxylic acids is 1. The lowest BCUT2D eigenvalue weighted by atomic mass is 9.83. The van der Waals surface area contributed by atoms with Crippen LogP contribution in [0.2, 0.25) is 0 Å². The van der Waals surface area contributed by atoms with Crippen LogP contribution in [0.3, 0.4) is 0 Å². The topological polar surface area (TPSA) is 57.6 Å². The molecule has 0 aromatic heterocycles. The Hall–Kier alpha value is -1.06. The number of hydrogen-bond donors (Lipinski definition) is 1. The third kappa shape index (κ3) is 4.50. The van der Waals surface area contributed by atoms with Crippen LogP contribution in [0, 0.1) is 5.41 Å². The number of nitrogens with zero attached hydrogens (tertiary/aromatic N) is 1. The Morgan fingerprint density at radius 1 is 1.10 bits per heavy atom. The van der Waals surface area contributed by atoms with E-state index in [9.17, 15) is 14.7 Å². The molecular formula is C16H29NO3. The summed E-state index contributed by atoms with van der Waals surface area (Å²) in [6.45, 7) is 5.20. The van der Waals surface area contributed by atoms with E-state index in [1.807, 2.05) is 6.92 Å². The molecule has 4 heteroatoms. The van der Waals surface area contributed by atoms with Crippen LogP contribution in [-0.4, -0.2) is 35.0 Å². The molecule has 1 N–H and O–H groups in total. The van der Waals surface area contributed by atoms with Gasteiger partial charge in [-0.1, -0.05) is 46.0 Å². The molecule has 1 unspecified atom stereocenters. The zero-order valence-electron chi connectivity index (χ0n) is 13.0. The van der Waals surface area contributed by atoms with Crippen LogP contribution in [-0.2, 0) is 9.59 Å². The van der Waals surface area contributed by atoms with Crippen LogP contribution in [0.4, 0.5) is 0 Å². The standard InChI is InChI=1S/C16H29NO3/c1-3-5-6-7-8-9-14(18)17-12-11-16(13-17,10-4-2)15(19)20/h3-13H2,1-2H3,(H,19,20). The molecule has 0 radical (unpaired) electrons. The number of hydrogen-bond acceptors (Lipinski definition) is 2. The first-order valence-corrected chi connectivity index (χ1v) is 8.07. The summed E-state index contributed by atoms with van der Waals surface area (Å²) in [5, 5.41) is 9.43. The van der Waals surface area contributed by atoms with Crippen LogP contribution < -0.4 is 0 Å². The molecule has 0 aromatic rings. The number of carboxylic acid groups (broad SMARTS) is 1. The van der Waals surface area contributed by atoms with E-state index in [2.05, 4.69) is 6.92 Å². The van der Waals surface area contributed by atoms with Crippen molar-refractivity contribution in [1.82, 2.24) is 4.90 Å². The Balaban J connectivity index is 2.38. The molecule has 0 saturated carbocycles. The minimum atomic E-state index is -0.738. The summed E-state index contributed by atoms with van der Waals surface area (Å²) in [5.41, 5.74) is -0.688. The summed E-state index contributed by atoms with van der Waals surface area (Å²) in [7, 11) is 0. The van der Waals surface area contributed by atoms with Crippen LogP contribution in [0.5, 0.6) is 0 Å². The maximum atomic E-state index is 12.1. The first-order chi connectivity index (χ1) is 9.55. The molecule has 20 heavy (non-hydrogen) atoms. The van der Waals surface area contributed by atoms with Gasteiger partial charge in [0.25, 0.3) is 0 Å². The zero-order chi connectivity index (χ0) is 15.0. The largest absolute Gasteiger partial charge is 0.481 e. The van der Waals surface area contributed by atoms with E-state index in [4.69, 9.17) is 0 Å². The van der Waals surface area contributed by atoms with Gasteiger partial charge in [-0.3, -0.25) is 9.59 Å². The van der Waals surface area contributed by atoms with E-state index >= 15 is 0 Å². The van der Waals surface area contributed by atoms with Crippen molar-refractivity contribution >= 4 is 11.9 Å². The summed E-state index contributed by atoms with van der Waals surface area (Å²) in [5.74, 6) is -0.599. The van der Waals surface area contributed by atoms with Crippen molar-refractivity contribution in [1.29, 1.82) is 0 Å². The highest BCUT2D eigenvalue weighted by atomic mass is 16.4. The monoisotopic (exact) mass is 283 g/mol. The fourth-order valence-electron chi connectivity index (χ4n) is 3.09. The smallest absolute Gasteiger partial charge is 0.311 e. The quantitative estimate of drug-likeness (QED) is 0.659. The van der Waals surface area contributed by atoms with Gasteiger partial charge in [0.2, 0.25) is 5.91 Å². The van der Waals surface area contributed by atoms with Crippen LogP contribution in [0.1, 0.15) is 71.6 Å². The van der Waals surface area contributed by atoms with Gasteiger partial charge in [0.1, 0.15) is 0 Å². The summed E-state index contributed by atoms with van der Waals surface area (Å²) < 4.78 is 0. The number of rotatable bonds is 9. The highest BCUT2D eigenvalue weighted by Crippen LogP contribution is 2.35. The molecule has 1 atom stereocenters. The van der Waals surface area contributed by atoms with Gasteiger partial charge in [-0.25, -0.2) is 0 Å². The number of likely N-dealkylation sites (tertiary alicyclic amines) is 1. The van der Waals surface area contributed by atoms with E-state index in [0.717, 1.165) is 19.3 Å². The van der Waals surface area contributed by atoms with Gasteiger partial charge in [0, 0.05) is 19.5 Å². The molecule has 1 aliphatic rings. The van der Waals surface area contributed by atoms with E-state index < -0.39 is 11.4 Å². The molecule has 4 nitrogen and oxygen atoms in total. The molecule has 1 fully saturated rings. The lowest BCUT2D eigenvalue weighted by molar-refractivity contribution is -0.149. The lowest BCUT2D eigenvalue weighted by Gasteiger charge is -2.24. The molecular weight excluding hydrogens is 254 g/mol. The molecule has 1 heterocycles. The van der Waals surface area contributed by atoms with E-state index in [1.54, 1.807) is 4.90 Å². The first kappa shape index (κ1) is 17.0. The van der Waals surface area contributed by atoms with Gasteiger partial charge < -0.3 is 10.0 Å². The number of carbonyl (C=O) groups excluding carboxylic acids is 1. The zero-order valence-corrected chi connectivity index (χ0v) is 13.0. The van der Waals surface area contributed by atoms with Crippen LogP contribution >= 0.6 is 0 Å². The first-order valence-electron chi connectivity index (χ1n) is 8.07. The maximum Gasteiger partial charge on any atom is 0.311 e. The van der Waals surface area contributed by atoms with Gasteiger partial charge in [-0.2, -0.15) is 0 Å². The molecule has 1 saturated heterocycles. The van der Waals surface area contributed by atoms with Gasteiger partial charge >= 0.3 is 5.97 Å². The van der Waals surface area contributed by atoms with Gasteiger partial charge in [0.15, 0.2) is 0 Å². The highest BCUT2D eigenvalue weighted by Gasteiger charge is 2.45. The summed E-state index contributed by atoms with van der Waals surface area (Å²) >= 11 is 0. The van der Waals surface area contributed by atoms with E-state index in [-0.39, 0.29) is 5.91 Å². The SMILES string of the molecule is CCCCCCCC(=O)N1CCC(CCC)(C(=O)O)C1. The van der Waals surface area contributed by atoms with Gasteiger partial charge in [-0.05, 0) is 19.3 Å². The minimum absolute atomic E-state index is 0.140. The van der Waals surface area contributed by atoms with Crippen molar-refractivity contribution in [3.05, 3.63) is 0 Å².